The number of aliphatic hydroxyl groups excluding tert-OH is 2. The molecule has 1 spiro atoms. The fourth-order valence-corrected chi connectivity index (χ4v) is 7.31. The average Bonchev–Trinajstić information content (AvgIpc) is 3.35. The van der Waals surface area contributed by atoms with Gasteiger partial charge in [-0.2, -0.15) is 0 Å². The summed E-state index contributed by atoms with van der Waals surface area (Å²) in [6.45, 7) is 1.69. The molecule has 6 rings (SSSR count). The highest BCUT2D eigenvalue weighted by Crippen LogP contribution is 2.64. The van der Waals surface area contributed by atoms with E-state index < -0.39 is 47.2 Å². The normalized spacial score (nSPS) is 28.1. The van der Waals surface area contributed by atoms with Crippen molar-refractivity contribution in [2.45, 2.75) is 74.6 Å². The molecule has 11 nitrogen and oxygen atoms in total. The van der Waals surface area contributed by atoms with Crippen LogP contribution in [0.1, 0.15) is 54.5 Å². The van der Waals surface area contributed by atoms with Gasteiger partial charge in [0.15, 0.2) is 6.10 Å². The molecule has 2 aliphatic heterocycles. The number of aliphatic hydroxyl groups is 3. The number of carbonyl (C=O) groups is 3. The molecule has 2 bridgehead atoms. The number of likely N-dealkylation sites (tertiary alicyclic amines) is 1. The molecule has 4 aliphatic rings. The second-order valence-electron chi connectivity index (χ2n) is 11.8. The number of rotatable bonds is 9. The van der Waals surface area contributed by atoms with Crippen molar-refractivity contribution in [3.05, 3.63) is 76.6 Å². The SMILES string of the molecule is CC(O)C(=O)NCCC(=O)O[C@H](C(=O)OC1=CC[C@@]2(O)[C@H]3Cc4ccc(CO)c5c4[C@@]2(CCN3C)[C@H]1O5)c1ccccc1. The Bertz CT molecular complexity index is 1470. The molecule has 4 N–H and O–H groups in total. The third-order valence-corrected chi connectivity index (χ3v) is 9.42. The van der Waals surface area contributed by atoms with Gasteiger partial charge in [0, 0.05) is 35.7 Å². The van der Waals surface area contributed by atoms with Crippen LogP contribution in [0.25, 0.3) is 0 Å². The predicted molar refractivity (Wildman–Crippen MR) is 152 cm³/mol. The Morgan fingerprint density at radius 1 is 1.19 bits per heavy atom. The summed E-state index contributed by atoms with van der Waals surface area (Å²) >= 11 is 0. The molecule has 2 aromatic rings. The number of hydrogen-bond acceptors (Lipinski definition) is 10. The summed E-state index contributed by atoms with van der Waals surface area (Å²) in [5.41, 5.74) is 0.854. The van der Waals surface area contributed by atoms with Crippen LogP contribution in [0, 0.1) is 0 Å². The van der Waals surface area contributed by atoms with Crippen LogP contribution in [-0.4, -0.2) is 82.1 Å². The van der Waals surface area contributed by atoms with E-state index >= 15 is 0 Å². The van der Waals surface area contributed by atoms with Gasteiger partial charge in [-0.05, 0) is 45.0 Å². The molecule has 1 unspecified atom stereocenters. The van der Waals surface area contributed by atoms with E-state index in [2.05, 4.69) is 10.2 Å². The number of amides is 1. The van der Waals surface area contributed by atoms with Crippen molar-refractivity contribution >= 4 is 17.8 Å². The Kier molecular flexibility index (Phi) is 7.54. The molecule has 2 aromatic carbocycles. The molecule has 11 heteroatoms. The van der Waals surface area contributed by atoms with Gasteiger partial charge in [0.05, 0.1) is 24.0 Å². The van der Waals surface area contributed by atoms with E-state index in [-0.39, 0.29) is 37.8 Å². The third-order valence-electron chi connectivity index (χ3n) is 9.42. The largest absolute Gasteiger partial charge is 0.481 e. The number of nitrogens with one attached hydrogen (secondary N) is 1. The Labute approximate surface area is 249 Å². The van der Waals surface area contributed by atoms with Crippen LogP contribution in [0.5, 0.6) is 5.75 Å². The molecule has 0 radical (unpaired) electrons. The van der Waals surface area contributed by atoms with Gasteiger partial charge < -0.3 is 39.7 Å². The van der Waals surface area contributed by atoms with Gasteiger partial charge in [-0.15, -0.1) is 0 Å². The Morgan fingerprint density at radius 2 is 1.95 bits per heavy atom. The third kappa shape index (κ3) is 4.62. The number of esters is 2. The van der Waals surface area contributed by atoms with Gasteiger partial charge >= 0.3 is 11.9 Å². The van der Waals surface area contributed by atoms with Crippen molar-refractivity contribution in [2.75, 3.05) is 20.1 Å². The lowest BCUT2D eigenvalue weighted by Crippen LogP contribution is -2.74. The Hall–Kier alpha value is -3.77. The van der Waals surface area contributed by atoms with Crippen molar-refractivity contribution in [1.29, 1.82) is 0 Å². The highest BCUT2D eigenvalue weighted by atomic mass is 16.6. The maximum atomic E-state index is 13.8. The summed E-state index contributed by atoms with van der Waals surface area (Å²) in [5.74, 6) is -1.44. The van der Waals surface area contributed by atoms with Gasteiger partial charge in [-0.3, -0.25) is 9.59 Å². The molecule has 0 saturated carbocycles. The second-order valence-corrected chi connectivity index (χ2v) is 11.8. The summed E-state index contributed by atoms with van der Waals surface area (Å²) in [6.07, 6.45) is -0.562. The van der Waals surface area contributed by atoms with E-state index in [1.165, 1.54) is 6.92 Å². The first-order valence-corrected chi connectivity index (χ1v) is 14.6. The zero-order valence-electron chi connectivity index (χ0n) is 24.1. The lowest BCUT2D eigenvalue weighted by Gasteiger charge is -2.61. The smallest absolute Gasteiger partial charge is 0.357 e. The van der Waals surface area contributed by atoms with Crippen LogP contribution in [0.4, 0.5) is 0 Å². The van der Waals surface area contributed by atoms with E-state index in [1.54, 1.807) is 36.4 Å². The topological polar surface area (TPSA) is 155 Å². The van der Waals surface area contributed by atoms with Crippen molar-refractivity contribution < 1.29 is 43.9 Å². The van der Waals surface area contributed by atoms with Crippen LogP contribution in [0.15, 0.2) is 54.3 Å². The first kappa shape index (κ1) is 29.3. The summed E-state index contributed by atoms with van der Waals surface area (Å²) in [5, 5.41) is 34.3. The molecular formula is C32H36N2O9. The fourth-order valence-electron chi connectivity index (χ4n) is 7.31. The molecule has 0 aromatic heterocycles. The molecule has 1 amide bonds. The highest BCUT2D eigenvalue weighted by Gasteiger charge is 2.72. The van der Waals surface area contributed by atoms with E-state index in [9.17, 15) is 29.7 Å². The first-order valence-electron chi connectivity index (χ1n) is 14.6. The van der Waals surface area contributed by atoms with Crippen LogP contribution < -0.4 is 10.1 Å². The number of benzene rings is 2. The molecule has 228 valence electrons. The van der Waals surface area contributed by atoms with Gasteiger partial charge in [0.2, 0.25) is 12.0 Å². The van der Waals surface area contributed by atoms with E-state index in [0.29, 0.717) is 36.3 Å². The number of ether oxygens (including phenoxy) is 3. The van der Waals surface area contributed by atoms with Gasteiger partial charge in [-0.25, -0.2) is 4.79 Å². The van der Waals surface area contributed by atoms with E-state index in [4.69, 9.17) is 14.2 Å². The van der Waals surface area contributed by atoms with E-state index in [1.807, 2.05) is 19.2 Å². The zero-order valence-corrected chi connectivity index (χ0v) is 24.1. The lowest BCUT2D eigenvalue weighted by atomic mass is 9.50. The summed E-state index contributed by atoms with van der Waals surface area (Å²) in [7, 11) is 2.00. The fraction of sp³-hybridized carbons (Fsp3) is 0.469. The van der Waals surface area contributed by atoms with Gasteiger partial charge in [0.1, 0.15) is 17.6 Å². The Balaban J connectivity index is 1.29. The van der Waals surface area contributed by atoms with Crippen molar-refractivity contribution in [2.24, 2.45) is 0 Å². The minimum Gasteiger partial charge on any atom is -0.481 e. The molecule has 2 aliphatic carbocycles. The average molecular weight is 593 g/mol. The molecule has 2 heterocycles. The maximum absolute atomic E-state index is 13.8. The number of likely N-dealkylation sites (N-methyl/N-ethyl adjacent to an activating group) is 1. The van der Waals surface area contributed by atoms with Crippen LogP contribution in [0.2, 0.25) is 0 Å². The maximum Gasteiger partial charge on any atom is 0.357 e. The standard InChI is InChI=1S/C32H36N2O9/c1-18(36)29(38)33-14-11-24(37)42-27(19-6-4-3-5-7-19)30(39)41-22-10-12-32(40)23-16-20-8-9-21(17-35)26-25(20)31(32,28(22)43-26)13-15-34(23)2/h3-10,18,23,27-28,35-36,40H,11-17H2,1-2H3,(H,33,38)/t18?,23-,27+,28+,31+,32-/m1/s1. The zero-order chi connectivity index (χ0) is 30.5. The van der Waals surface area contributed by atoms with Crippen LogP contribution >= 0.6 is 0 Å². The minimum absolute atomic E-state index is 0.0787. The highest BCUT2D eigenvalue weighted by molar-refractivity contribution is 5.83. The molecular weight excluding hydrogens is 556 g/mol. The summed E-state index contributed by atoms with van der Waals surface area (Å²) < 4.78 is 18.1. The Morgan fingerprint density at radius 3 is 2.67 bits per heavy atom. The number of carbonyl (C=O) groups excluding carboxylic acids is 3. The van der Waals surface area contributed by atoms with Crippen LogP contribution in [0.3, 0.4) is 0 Å². The number of nitrogens with zero attached hydrogens (tertiary/aromatic N) is 1. The second kappa shape index (κ2) is 11.1. The van der Waals surface area contributed by atoms with Crippen molar-refractivity contribution in [1.82, 2.24) is 10.2 Å². The molecule has 1 fully saturated rings. The molecule has 6 atom stereocenters. The minimum atomic E-state index is -1.40. The molecule has 43 heavy (non-hydrogen) atoms. The molecule has 1 saturated heterocycles. The summed E-state index contributed by atoms with van der Waals surface area (Å²) in [6, 6.07) is 12.1. The summed E-state index contributed by atoms with van der Waals surface area (Å²) in [4.78, 5) is 40.3. The first-order chi connectivity index (χ1) is 20.6. The van der Waals surface area contributed by atoms with Crippen LogP contribution in [-0.2, 0) is 42.3 Å². The van der Waals surface area contributed by atoms with Gasteiger partial charge in [0.25, 0.3) is 0 Å². The monoisotopic (exact) mass is 592 g/mol. The van der Waals surface area contributed by atoms with E-state index in [0.717, 1.165) is 11.1 Å². The number of piperidine rings is 1. The lowest BCUT2D eigenvalue weighted by molar-refractivity contribution is -0.176. The van der Waals surface area contributed by atoms with Crippen molar-refractivity contribution in [3.8, 4) is 5.75 Å². The quantitative estimate of drug-likeness (QED) is 0.312. The predicted octanol–water partition coefficient (Wildman–Crippen LogP) is 1.17. The van der Waals surface area contributed by atoms with Crippen molar-refractivity contribution in [3.63, 3.8) is 0 Å². The number of hydrogen-bond donors (Lipinski definition) is 4. The van der Waals surface area contributed by atoms with Gasteiger partial charge in [-0.1, -0.05) is 42.5 Å².